The molecule has 132 valence electrons. The van der Waals surface area contributed by atoms with E-state index < -0.39 is 23.4 Å². The number of rotatable bonds is 5. The molecule has 0 saturated heterocycles. The van der Waals surface area contributed by atoms with Crippen LogP contribution < -0.4 is 10.5 Å². The molecule has 7 heteroatoms. The van der Waals surface area contributed by atoms with Crippen molar-refractivity contribution in [2.24, 2.45) is 5.73 Å². The van der Waals surface area contributed by atoms with Gasteiger partial charge in [-0.05, 0) is 41.5 Å². The molecule has 0 unspecified atom stereocenters. The number of benzene rings is 2. The summed E-state index contributed by atoms with van der Waals surface area (Å²) in [4.78, 5) is 15.3. The van der Waals surface area contributed by atoms with Gasteiger partial charge in [0.05, 0.1) is 6.20 Å². The Labute approximate surface area is 147 Å². The summed E-state index contributed by atoms with van der Waals surface area (Å²) >= 11 is 0. The topological polar surface area (TPSA) is 65.2 Å². The number of pyridine rings is 1. The van der Waals surface area contributed by atoms with Crippen molar-refractivity contribution >= 4 is 5.91 Å². The van der Waals surface area contributed by atoms with Crippen molar-refractivity contribution in [1.29, 1.82) is 0 Å². The summed E-state index contributed by atoms with van der Waals surface area (Å²) in [6, 6.07) is 9.98. The smallest absolute Gasteiger partial charge is 0.267 e. The summed E-state index contributed by atoms with van der Waals surface area (Å²) < 4.78 is 45.3. The first-order valence-corrected chi connectivity index (χ1v) is 7.56. The molecule has 3 rings (SSSR count). The van der Waals surface area contributed by atoms with Crippen molar-refractivity contribution in [1.82, 2.24) is 4.98 Å². The van der Waals surface area contributed by atoms with Crippen LogP contribution >= 0.6 is 0 Å². The molecular formula is C19H13F3N2O2. The molecule has 0 spiro atoms. The van der Waals surface area contributed by atoms with Crippen LogP contribution in [0.1, 0.15) is 16.1 Å². The van der Waals surface area contributed by atoms with Crippen LogP contribution in [0.2, 0.25) is 0 Å². The Balaban J connectivity index is 1.95. The molecular weight excluding hydrogens is 345 g/mol. The second-order valence-corrected chi connectivity index (χ2v) is 5.50. The van der Waals surface area contributed by atoms with Crippen LogP contribution in [0.5, 0.6) is 5.75 Å². The first-order chi connectivity index (χ1) is 12.4. The molecule has 0 atom stereocenters. The van der Waals surface area contributed by atoms with E-state index in [-0.39, 0.29) is 23.6 Å². The lowest BCUT2D eigenvalue weighted by Gasteiger charge is -2.13. The van der Waals surface area contributed by atoms with Crippen molar-refractivity contribution in [2.75, 3.05) is 0 Å². The molecule has 2 N–H and O–H groups in total. The predicted octanol–water partition coefficient (Wildman–Crippen LogP) is 3.84. The third kappa shape index (κ3) is 4.00. The molecule has 1 amide bonds. The Bertz CT molecular complexity index is 939. The van der Waals surface area contributed by atoms with Gasteiger partial charge in [0.1, 0.15) is 35.5 Å². The molecule has 0 saturated carbocycles. The number of nitrogens with zero attached hydrogens (tertiary/aromatic N) is 1. The van der Waals surface area contributed by atoms with E-state index in [0.29, 0.717) is 11.1 Å². The first-order valence-electron chi connectivity index (χ1n) is 7.56. The highest BCUT2D eigenvalue weighted by atomic mass is 19.1. The second-order valence-electron chi connectivity index (χ2n) is 5.50. The maximum Gasteiger partial charge on any atom is 0.267 e. The largest absolute Gasteiger partial charge is 0.487 e. The lowest BCUT2D eigenvalue weighted by atomic mass is 10.0. The van der Waals surface area contributed by atoms with E-state index in [1.807, 2.05) is 0 Å². The highest BCUT2D eigenvalue weighted by Gasteiger charge is 2.13. The van der Waals surface area contributed by atoms with Gasteiger partial charge in [0.25, 0.3) is 5.91 Å². The number of amides is 1. The number of halogens is 3. The van der Waals surface area contributed by atoms with Gasteiger partial charge in [-0.2, -0.15) is 0 Å². The van der Waals surface area contributed by atoms with E-state index in [2.05, 4.69) is 4.98 Å². The lowest BCUT2D eigenvalue weighted by Crippen LogP contribution is -2.13. The summed E-state index contributed by atoms with van der Waals surface area (Å²) in [5.41, 5.74) is 6.56. The average molecular weight is 358 g/mol. The zero-order valence-electron chi connectivity index (χ0n) is 13.4. The Morgan fingerprint density at radius 1 is 0.962 bits per heavy atom. The maximum absolute atomic E-state index is 13.3. The van der Waals surface area contributed by atoms with Crippen LogP contribution in [-0.4, -0.2) is 10.9 Å². The number of carbonyl (C=O) groups is 1. The molecule has 1 heterocycles. The number of nitrogens with two attached hydrogens (primary N) is 1. The molecule has 4 nitrogen and oxygen atoms in total. The summed E-state index contributed by atoms with van der Waals surface area (Å²) in [7, 11) is 0. The van der Waals surface area contributed by atoms with Crippen LogP contribution in [0.3, 0.4) is 0 Å². The number of ether oxygens (including phenoxy) is 1. The van der Waals surface area contributed by atoms with E-state index in [1.54, 1.807) is 0 Å². The number of hydrogen-bond acceptors (Lipinski definition) is 3. The monoisotopic (exact) mass is 358 g/mol. The van der Waals surface area contributed by atoms with Crippen molar-refractivity contribution < 1.29 is 22.7 Å². The van der Waals surface area contributed by atoms with Gasteiger partial charge in [0.15, 0.2) is 0 Å². The highest BCUT2D eigenvalue weighted by Crippen LogP contribution is 2.31. The standard InChI is InChI=1S/C19H13F3N2O2/c20-13-3-1-12(2-4-13)16-8-17(19(23)25)24-9-18(16)26-10-11-5-14(21)7-15(22)6-11/h1-9H,10H2,(H2,23,25). The van der Waals surface area contributed by atoms with Crippen LogP contribution in [0.15, 0.2) is 54.7 Å². The van der Waals surface area contributed by atoms with Crippen molar-refractivity contribution in [3.63, 3.8) is 0 Å². The van der Waals surface area contributed by atoms with Crippen molar-refractivity contribution in [3.05, 3.63) is 83.4 Å². The lowest BCUT2D eigenvalue weighted by molar-refractivity contribution is 0.0995. The number of hydrogen-bond donors (Lipinski definition) is 1. The molecule has 0 aliphatic carbocycles. The normalized spacial score (nSPS) is 10.6. The van der Waals surface area contributed by atoms with Gasteiger partial charge in [0.2, 0.25) is 0 Å². The quantitative estimate of drug-likeness (QED) is 0.754. The Kier molecular flexibility index (Phi) is 4.88. The fourth-order valence-electron chi connectivity index (χ4n) is 2.40. The zero-order valence-corrected chi connectivity index (χ0v) is 13.4. The fraction of sp³-hybridized carbons (Fsp3) is 0.0526. The predicted molar refractivity (Wildman–Crippen MR) is 88.8 cm³/mol. The van der Waals surface area contributed by atoms with Gasteiger partial charge in [-0.3, -0.25) is 4.79 Å². The first kappa shape index (κ1) is 17.5. The molecule has 0 fully saturated rings. The maximum atomic E-state index is 13.3. The van der Waals surface area contributed by atoms with E-state index in [1.165, 1.54) is 36.5 Å². The van der Waals surface area contributed by atoms with Crippen LogP contribution in [0, 0.1) is 17.5 Å². The minimum atomic E-state index is -0.730. The molecule has 1 aromatic heterocycles. The third-order valence-corrected chi connectivity index (χ3v) is 3.59. The van der Waals surface area contributed by atoms with Crippen molar-refractivity contribution in [2.45, 2.75) is 6.61 Å². The van der Waals surface area contributed by atoms with Crippen LogP contribution in [-0.2, 0) is 6.61 Å². The Morgan fingerprint density at radius 3 is 2.23 bits per heavy atom. The second kappa shape index (κ2) is 7.26. The van der Waals surface area contributed by atoms with E-state index in [9.17, 15) is 18.0 Å². The molecule has 0 radical (unpaired) electrons. The van der Waals surface area contributed by atoms with Gasteiger partial charge in [-0.1, -0.05) is 12.1 Å². The number of primary amides is 1. The van der Waals surface area contributed by atoms with E-state index in [4.69, 9.17) is 10.5 Å². The summed E-state index contributed by atoms with van der Waals surface area (Å²) in [5, 5.41) is 0. The van der Waals surface area contributed by atoms with E-state index in [0.717, 1.165) is 18.2 Å². The third-order valence-electron chi connectivity index (χ3n) is 3.59. The van der Waals surface area contributed by atoms with Gasteiger partial charge >= 0.3 is 0 Å². The summed E-state index contributed by atoms with van der Waals surface area (Å²) in [5.74, 6) is -2.33. The number of aromatic nitrogens is 1. The van der Waals surface area contributed by atoms with Gasteiger partial charge in [-0.15, -0.1) is 0 Å². The average Bonchev–Trinajstić information content (AvgIpc) is 2.59. The van der Waals surface area contributed by atoms with Crippen LogP contribution in [0.4, 0.5) is 13.2 Å². The molecule has 26 heavy (non-hydrogen) atoms. The molecule has 0 bridgehead atoms. The van der Waals surface area contributed by atoms with Gasteiger partial charge in [0, 0.05) is 11.6 Å². The van der Waals surface area contributed by atoms with Crippen molar-refractivity contribution in [3.8, 4) is 16.9 Å². The minimum Gasteiger partial charge on any atom is -0.487 e. The number of carbonyl (C=O) groups excluding carboxylic acids is 1. The summed E-state index contributed by atoms with van der Waals surface area (Å²) in [6.07, 6.45) is 1.29. The van der Waals surface area contributed by atoms with Gasteiger partial charge in [-0.25, -0.2) is 18.2 Å². The summed E-state index contributed by atoms with van der Waals surface area (Å²) in [6.45, 7) is -0.125. The molecule has 0 aliphatic heterocycles. The minimum absolute atomic E-state index is 0.00785. The zero-order chi connectivity index (χ0) is 18.7. The Hall–Kier alpha value is -3.35. The molecule has 2 aromatic carbocycles. The fourth-order valence-corrected chi connectivity index (χ4v) is 2.40. The molecule has 3 aromatic rings. The Morgan fingerprint density at radius 2 is 1.62 bits per heavy atom. The molecule has 0 aliphatic rings. The van der Waals surface area contributed by atoms with Crippen LogP contribution in [0.25, 0.3) is 11.1 Å². The highest BCUT2D eigenvalue weighted by molar-refractivity contribution is 5.92. The van der Waals surface area contributed by atoms with Gasteiger partial charge < -0.3 is 10.5 Å². The van der Waals surface area contributed by atoms with E-state index >= 15 is 0 Å². The SMILES string of the molecule is NC(=O)c1cc(-c2ccc(F)cc2)c(OCc2cc(F)cc(F)c2)cn1.